The molecule has 9 nitrogen and oxygen atoms in total. The molecule has 21 heavy (non-hydrogen) atoms. The zero-order valence-corrected chi connectivity index (χ0v) is 11.3. The topological polar surface area (TPSA) is 133 Å². The number of hydrogen-bond acceptors (Lipinski definition) is 6. The second-order valence-corrected chi connectivity index (χ2v) is 5.51. The first-order chi connectivity index (χ1) is 10.0. The number of epoxide rings is 2. The third-order valence-electron chi connectivity index (χ3n) is 3.78. The Morgan fingerprint density at radius 2 is 1.57 bits per heavy atom. The molecule has 3 heterocycles. The Balaban J connectivity index is 1.73. The summed E-state index contributed by atoms with van der Waals surface area (Å²) < 4.78 is 11.1. The summed E-state index contributed by atoms with van der Waals surface area (Å²) in [6, 6.07) is 0. The van der Waals surface area contributed by atoms with E-state index in [2.05, 4.69) is 0 Å². The monoisotopic (exact) mass is 299 g/mol. The van der Waals surface area contributed by atoms with Crippen molar-refractivity contribution in [2.24, 2.45) is 5.92 Å². The van der Waals surface area contributed by atoms with Gasteiger partial charge < -0.3 is 14.6 Å². The molecule has 0 amide bonds. The van der Waals surface area contributed by atoms with Gasteiger partial charge in [-0.1, -0.05) is 0 Å². The number of nitrogens with zero attached hydrogens (tertiary/aromatic N) is 1. The molecular weight excluding hydrogens is 282 g/mol. The van der Waals surface area contributed by atoms with Crippen LogP contribution in [-0.2, 0) is 16.0 Å². The summed E-state index contributed by atoms with van der Waals surface area (Å²) >= 11 is 0. The van der Waals surface area contributed by atoms with Crippen LogP contribution in [0.4, 0.5) is 0 Å². The SMILES string of the molecule is O=c1[nH]c(=O)n(CC(O)C(CC2CO2)CC2CO2)c(=O)[nH]1. The summed E-state index contributed by atoms with van der Waals surface area (Å²) in [6.07, 6.45) is 0.708. The maximum Gasteiger partial charge on any atom is 0.333 e. The van der Waals surface area contributed by atoms with Crippen LogP contribution in [-0.4, -0.2) is 51.2 Å². The Bertz CT molecular complexity index is 620. The Hall–Kier alpha value is -1.71. The van der Waals surface area contributed by atoms with E-state index in [1.165, 1.54) is 0 Å². The van der Waals surface area contributed by atoms with E-state index >= 15 is 0 Å². The molecule has 1 aromatic heterocycles. The predicted molar refractivity (Wildman–Crippen MR) is 70.2 cm³/mol. The van der Waals surface area contributed by atoms with E-state index in [0.717, 1.165) is 4.57 Å². The summed E-state index contributed by atoms with van der Waals surface area (Å²) in [5.41, 5.74) is -2.51. The van der Waals surface area contributed by atoms with Crippen LogP contribution < -0.4 is 17.1 Å². The normalized spacial score (nSPS) is 26.3. The molecule has 3 rings (SSSR count). The Morgan fingerprint density at radius 3 is 2.00 bits per heavy atom. The fourth-order valence-corrected chi connectivity index (χ4v) is 2.45. The third kappa shape index (κ3) is 3.69. The van der Waals surface area contributed by atoms with Crippen LogP contribution >= 0.6 is 0 Å². The molecule has 3 unspecified atom stereocenters. The van der Waals surface area contributed by atoms with Crippen molar-refractivity contribution in [3.63, 3.8) is 0 Å². The second kappa shape index (κ2) is 5.58. The third-order valence-corrected chi connectivity index (χ3v) is 3.78. The van der Waals surface area contributed by atoms with E-state index in [0.29, 0.717) is 26.1 Å². The number of nitrogens with one attached hydrogen (secondary N) is 2. The highest BCUT2D eigenvalue weighted by molar-refractivity contribution is 4.84. The molecule has 9 heteroatoms. The number of aliphatic hydroxyl groups is 1. The molecule has 0 bridgehead atoms. The molecule has 116 valence electrons. The lowest BCUT2D eigenvalue weighted by atomic mass is 9.92. The van der Waals surface area contributed by atoms with Gasteiger partial charge in [0.2, 0.25) is 0 Å². The van der Waals surface area contributed by atoms with Crippen molar-refractivity contribution in [1.29, 1.82) is 0 Å². The van der Waals surface area contributed by atoms with E-state index in [4.69, 9.17) is 9.47 Å². The largest absolute Gasteiger partial charge is 0.391 e. The van der Waals surface area contributed by atoms with Gasteiger partial charge in [0.15, 0.2) is 0 Å². The fraction of sp³-hybridized carbons (Fsp3) is 0.750. The molecule has 0 saturated carbocycles. The molecule has 0 aromatic carbocycles. The lowest BCUT2D eigenvalue weighted by molar-refractivity contribution is 0.0690. The maximum atomic E-state index is 11.6. The van der Waals surface area contributed by atoms with Crippen LogP contribution in [0.25, 0.3) is 0 Å². The van der Waals surface area contributed by atoms with E-state index in [1.807, 2.05) is 9.97 Å². The Labute approximate surface area is 118 Å². The lowest BCUT2D eigenvalue weighted by Crippen LogP contribution is -2.46. The van der Waals surface area contributed by atoms with E-state index in [-0.39, 0.29) is 24.7 Å². The quantitative estimate of drug-likeness (QED) is 0.488. The van der Waals surface area contributed by atoms with Crippen LogP contribution in [0.3, 0.4) is 0 Å². The molecule has 2 aliphatic rings. The number of H-pyrrole nitrogens is 2. The fourth-order valence-electron chi connectivity index (χ4n) is 2.45. The van der Waals surface area contributed by atoms with E-state index in [9.17, 15) is 19.5 Å². The molecule has 0 aliphatic carbocycles. The Morgan fingerprint density at radius 1 is 1.10 bits per heavy atom. The van der Waals surface area contributed by atoms with Crippen LogP contribution in [0.1, 0.15) is 12.8 Å². The summed E-state index contributed by atoms with van der Waals surface area (Å²) in [6.45, 7) is 1.18. The van der Waals surface area contributed by atoms with Gasteiger partial charge in [-0.05, 0) is 18.8 Å². The highest BCUT2D eigenvalue weighted by atomic mass is 16.6. The van der Waals surface area contributed by atoms with Gasteiger partial charge in [-0.15, -0.1) is 0 Å². The summed E-state index contributed by atoms with van der Waals surface area (Å²) in [5.74, 6) is -0.122. The van der Waals surface area contributed by atoms with Gasteiger partial charge in [-0.25, -0.2) is 19.0 Å². The minimum Gasteiger partial charge on any atom is -0.391 e. The average molecular weight is 299 g/mol. The van der Waals surface area contributed by atoms with Gasteiger partial charge in [-0.2, -0.15) is 0 Å². The molecule has 2 fully saturated rings. The molecule has 3 atom stereocenters. The molecular formula is C12H17N3O6. The summed E-state index contributed by atoms with van der Waals surface area (Å²) in [5, 5.41) is 10.3. The van der Waals surface area contributed by atoms with Crippen LogP contribution in [0.15, 0.2) is 14.4 Å². The zero-order chi connectivity index (χ0) is 15.0. The van der Waals surface area contributed by atoms with Crippen LogP contribution in [0.2, 0.25) is 0 Å². The van der Waals surface area contributed by atoms with Crippen molar-refractivity contribution in [3.05, 3.63) is 31.5 Å². The van der Waals surface area contributed by atoms with Crippen molar-refractivity contribution >= 4 is 0 Å². The summed E-state index contributed by atoms with van der Waals surface area (Å²) in [4.78, 5) is 38.1. The van der Waals surface area contributed by atoms with E-state index < -0.39 is 23.2 Å². The van der Waals surface area contributed by atoms with Crippen molar-refractivity contribution in [2.75, 3.05) is 13.2 Å². The van der Waals surface area contributed by atoms with Crippen molar-refractivity contribution in [1.82, 2.24) is 14.5 Å². The van der Waals surface area contributed by atoms with Crippen LogP contribution in [0.5, 0.6) is 0 Å². The molecule has 3 N–H and O–H groups in total. The van der Waals surface area contributed by atoms with Gasteiger partial charge >= 0.3 is 17.1 Å². The first-order valence-electron chi connectivity index (χ1n) is 6.87. The van der Waals surface area contributed by atoms with Crippen molar-refractivity contribution < 1.29 is 14.6 Å². The van der Waals surface area contributed by atoms with Gasteiger partial charge in [-0.3, -0.25) is 9.97 Å². The first-order valence-corrected chi connectivity index (χ1v) is 6.87. The number of aliphatic hydroxyl groups excluding tert-OH is 1. The molecule has 0 spiro atoms. The number of rotatable bonds is 7. The van der Waals surface area contributed by atoms with Crippen molar-refractivity contribution in [3.8, 4) is 0 Å². The Kier molecular flexibility index (Phi) is 3.79. The second-order valence-electron chi connectivity index (χ2n) is 5.51. The minimum absolute atomic E-state index is 0.122. The van der Waals surface area contributed by atoms with Crippen molar-refractivity contribution in [2.45, 2.75) is 37.7 Å². The molecule has 2 saturated heterocycles. The van der Waals surface area contributed by atoms with E-state index in [1.54, 1.807) is 0 Å². The van der Waals surface area contributed by atoms with Crippen LogP contribution in [0, 0.1) is 5.92 Å². The maximum absolute atomic E-state index is 11.6. The highest BCUT2D eigenvalue weighted by Gasteiger charge is 2.35. The number of aromatic nitrogens is 3. The number of ether oxygens (including phenoxy) is 2. The number of aromatic amines is 2. The standard InChI is InChI=1S/C12H17N3O6/c16-9(3-15-11(18)13-10(17)14-12(15)19)6(1-7-4-20-7)2-8-5-21-8/h6-9,16H,1-5H2,(H2,13,14,17,18,19). The minimum atomic E-state index is -0.886. The first kappa shape index (κ1) is 14.2. The predicted octanol–water partition coefficient (Wildman–Crippen LogP) is -2.22. The van der Waals surface area contributed by atoms with Gasteiger partial charge in [0, 0.05) is 0 Å². The lowest BCUT2D eigenvalue weighted by Gasteiger charge is -2.21. The van der Waals surface area contributed by atoms with Gasteiger partial charge in [0.1, 0.15) is 0 Å². The molecule has 0 radical (unpaired) electrons. The molecule has 2 aliphatic heterocycles. The van der Waals surface area contributed by atoms with Gasteiger partial charge in [0.05, 0.1) is 38.1 Å². The van der Waals surface area contributed by atoms with Gasteiger partial charge in [0.25, 0.3) is 0 Å². The number of hydrogen-bond donors (Lipinski definition) is 3. The average Bonchev–Trinajstić information content (AvgIpc) is 3.27. The summed E-state index contributed by atoms with van der Waals surface area (Å²) in [7, 11) is 0. The molecule has 1 aromatic rings. The zero-order valence-electron chi connectivity index (χ0n) is 11.3. The highest BCUT2D eigenvalue weighted by Crippen LogP contribution is 2.29. The smallest absolute Gasteiger partial charge is 0.333 e.